The first-order valence-corrected chi connectivity index (χ1v) is 8.86. The minimum absolute atomic E-state index is 0.195. The smallest absolute Gasteiger partial charge is 0.147 e. The average Bonchev–Trinajstić information content (AvgIpc) is 2.64. The van der Waals surface area contributed by atoms with E-state index in [2.05, 4.69) is 80.6 Å². The van der Waals surface area contributed by atoms with Gasteiger partial charge in [0.1, 0.15) is 6.79 Å². The molecule has 3 aromatic rings. The minimum Gasteiger partial charge on any atom is -0.351 e. The van der Waals surface area contributed by atoms with Gasteiger partial charge in [0.25, 0.3) is 0 Å². The van der Waals surface area contributed by atoms with Crippen LogP contribution in [0.25, 0.3) is 10.8 Å². The van der Waals surface area contributed by atoms with Gasteiger partial charge in [-0.25, -0.2) is 0 Å². The third kappa shape index (κ3) is 5.42. The van der Waals surface area contributed by atoms with E-state index < -0.39 is 0 Å². The van der Waals surface area contributed by atoms with Crippen LogP contribution < -0.4 is 0 Å². The van der Waals surface area contributed by atoms with Crippen LogP contribution in [0.1, 0.15) is 31.4 Å². The maximum atomic E-state index is 5.94. The van der Waals surface area contributed by atoms with Crippen LogP contribution in [0.2, 0.25) is 0 Å². The minimum atomic E-state index is -0.195. The summed E-state index contributed by atoms with van der Waals surface area (Å²) in [7, 11) is 0. The third-order valence-electron chi connectivity index (χ3n) is 4.47. The van der Waals surface area contributed by atoms with E-state index >= 15 is 0 Å². The topological polar surface area (TPSA) is 18.5 Å². The van der Waals surface area contributed by atoms with Gasteiger partial charge >= 0.3 is 0 Å². The van der Waals surface area contributed by atoms with Crippen molar-refractivity contribution in [3.05, 3.63) is 83.9 Å². The number of fused-ring (bicyclic) bond motifs is 1. The molecule has 3 rings (SSSR count). The quantitative estimate of drug-likeness (QED) is 0.386. The number of hydrogen-bond donors (Lipinski definition) is 0. The predicted molar refractivity (Wildman–Crippen MR) is 104 cm³/mol. The number of ether oxygens (including phenoxy) is 2. The molecule has 0 aromatic heterocycles. The van der Waals surface area contributed by atoms with E-state index in [1.54, 1.807) is 0 Å². The van der Waals surface area contributed by atoms with Gasteiger partial charge < -0.3 is 9.47 Å². The summed E-state index contributed by atoms with van der Waals surface area (Å²) < 4.78 is 11.7. The van der Waals surface area contributed by atoms with Gasteiger partial charge in [-0.05, 0) is 54.7 Å². The summed E-state index contributed by atoms with van der Waals surface area (Å²) in [5.41, 5.74) is 2.32. The van der Waals surface area contributed by atoms with Crippen LogP contribution in [0.15, 0.2) is 72.8 Å². The zero-order valence-electron chi connectivity index (χ0n) is 15.1. The fourth-order valence-electron chi connectivity index (χ4n) is 2.85. The van der Waals surface area contributed by atoms with Crippen molar-refractivity contribution in [3.63, 3.8) is 0 Å². The summed E-state index contributed by atoms with van der Waals surface area (Å²) in [4.78, 5) is 0. The summed E-state index contributed by atoms with van der Waals surface area (Å²) in [6.45, 7) is 5.12. The molecule has 0 saturated heterocycles. The van der Waals surface area contributed by atoms with Gasteiger partial charge in [0.05, 0.1) is 12.2 Å². The molecule has 3 aromatic carbocycles. The van der Waals surface area contributed by atoms with Crippen LogP contribution in [0, 0.1) is 0 Å². The molecular weight excluding hydrogens is 308 g/mol. The second kappa shape index (κ2) is 8.28. The first-order valence-electron chi connectivity index (χ1n) is 8.86. The van der Waals surface area contributed by atoms with Gasteiger partial charge in [-0.2, -0.15) is 0 Å². The third-order valence-corrected chi connectivity index (χ3v) is 4.47. The molecule has 0 amide bonds. The Morgan fingerprint density at radius 2 is 1.48 bits per heavy atom. The van der Waals surface area contributed by atoms with Gasteiger partial charge in [0.2, 0.25) is 0 Å². The monoisotopic (exact) mass is 334 g/mol. The Bertz CT molecular complexity index is 793. The van der Waals surface area contributed by atoms with E-state index in [9.17, 15) is 0 Å². The zero-order valence-corrected chi connectivity index (χ0v) is 15.1. The van der Waals surface area contributed by atoms with Crippen molar-refractivity contribution in [2.45, 2.75) is 38.9 Å². The Hall–Kier alpha value is -2.16. The Morgan fingerprint density at radius 1 is 0.760 bits per heavy atom. The largest absolute Gasteiger partial charge is 0.351 e. The van der Waals surface area contributed by atoms with Crippen molar-refractivity contribution in [1.29, 1.82) is 0 Å². The normalized spacial score (nSPS) is 11.8. The van der Waals surface area contributed by atoms with Crippen LogP contribution in [0.3, 0.4) is 0 Å². The second-order valence-corrected chi connectivity index (χ2v) is 7.04. The van der Waals surface area contributed by atoms with Crippen LogP contribution in [0.5, 0.6) is 0 Å². The molecule has 0 spiro atoms. The molecule has 0 atom stereocenters. The number of hydrogen-bond acceptors (Lipinski definition) is 2. The van der Waals surface area contributed by atoms with Gasteiger partial charge in [0.15, 0.2) is 0 Å². The molecule has 0 saturated carbocycles. The molecule has 0 unspecified atom stereocenters. The van der Waals surface area contributed by atoms with E-state index in [0.29, 0.717) is 13.4 Å². The molecule has 2 nitrogen and oxygen atoms in total. The molecule has 25 heavy (non-hydrogen) atoms. The molecule has 0 radical (unpaired) electrons. The molecule has 0 aliphatic carbocycles. The van der Waals surface area contributed by atoms with Crippen molar-refractivity contribution < 1.29 is 9.47 Å². The summed E-state index contributed by atoms with van der Waals surface area (Å²) in [6, 6.07) is 25.3. The van der Waals surface area contributed by atoms with E-state index in [1.165, 1.54) is 21.9 Å². The first-order chi connectivity index (χ1) is 12.1. The molecule has 2 heteroatoms. The van der Waals surface area contributed by atoms with Crippen molar-refractivity contribution in [2.24, 2.45) is 0 Å². The molecular formula is C23H26O2. The maximum absolute atomic E-state index is 5.94. The van der Waals surface area contributed by atoms with Crippen molar-refractivity contribution in [2.75, 3.05) is 6.79 Å². The van der Waals surface area contributed by atoms with Gasteiger partial charge in [0, 0.05) is 0 Å². The van der Waals surface area contributed by atoms with Gasteiger partial charge in [-0.15, -0.1) is 0 Å². The van der Waals surface area contributed by atoms with Crippen molar-refractivity contribution in [1.82, 2.24) is 0 Å². The van der Waals surface area contributed by atoms with Gasteiger partial charge in [-0.1, -0.05) is 66.7 Å². The highest BCUT2D eigenvalue weighted by Gasteiger charge is 2.18. The van der Waals surface area contributed by atoms with E-state index in [1.807, 2.05) is 6.07 Å². The lowest BCUT2D eigenvalue weighted by Gasteiger charge is -2.25. The summed E-state index contributed by atoms with van der Waals surface area (Å²) >= 11 is 0. The second-order valence-electron chi connectivity index (χ2n) is 7.04. The predicted octanol–water partition coefficient (Wildman–Crippen LogP) is 5.74. The van der Waals surface area contributed by atoms with Crippen LogP contribution >= 0.6 is 0 Å². The SMILES string of the molecule is CC(C)(CCc1ccccc1)OCOCc1ccc2ccccc2c1. The van der Waals surface area contributed by atoms with Gasteiger partial charge in [-0.3, -0.25) is 0 Å². The van der Waals surface area contributed by atoms with Crippen LogP contribution in [-0.4, -0.2) is 12.4 Å². The zero-order chi connectivity index (χ0) is 17.5. The Labute approximate surface area is 150 Å². The number of benzene rings is 3. The lowest BCUT2D eigenvalue weighted by Crippen LogP contribution is -2.26. The molecule has 130 valence electrons. The molecule has 0 N–H and O–H groups in total. The summed E-state index contributed by atoms with van der Waals surface area (Å²) in [6.07, 6.45) is 1.98. The standard InChI is InChI=1S/C23H26O2/c1-23(2,15-14-19-8-4-3-5-9-19)25-18-24-17-20-12-13-21-10-6-7-11-22(21)16-20/h3-13,16H,14-15,17-18H2,1-2H3. The highest BCUT2D eigenvalue weighted by Crippen LogP contribution is 2.19. The van der Waals surface area contributed by atoms with E-state index in [4.69, 9.17) is 9.47 Å². The Morgan fingerprint density at radius 3 is 2.28 bits per heavy atom. The summed E-state index contributed by atoms with van der Waals surface area (Å²) in [5.74, 6) is 0. The first kappa shape index (κ1) is 17.7. The maximum Gasteiger partial charge on any atom is 0.147 e. The highest BCUT2D eigenvalue weighted by molar-refractivity contribution is 5.82. The fourth-order valence-corrected chi connectivity index (χ4v) is 2.85. The average molecular weight is 334 g/mol. The summed E-state index contributed by atoms with van der Waals surface area (Å²) in [5, 5.41) is 2.50. The fraction of sp³-hybridized carbons (Fsp3) is 0.304. The number of rotatable bonds is 8. The lowest BCUT2D eigenvalue weighted by molar-refractivity contribution is -0.135. The molecule has 0 bridgehead atoms. The van der Waals surface area contributed by atoms with Crippen molar-refractivity contribution in [3.8, 4) is 0 Å². The molecule has 0 aliphatic rings. The Balaban J connectivity index is 1.43. The molecule has 0 fully saturated rings. The Kier molecular flexibility index (Phi) is 5.85. The van der Waals surface area contributed by atoms with Crippen molar-refractivity contribution >= 4 is 10.8 Å². The van der Waals surface area contributed by atoms with Crippen LogP contribution in [0.4, 0.5) is 0 Å². The highest BCUT2D eigenvalue weighted by atomic mass is 16.7. The molecule has 0 heterocycles. The number of aryl methyl sites for hydroxylation is 1. The lowest BCUT2D eigenvalue weighted by atomic mass is 9.99. The molecule has 0 aliphatic heterocycles. The van der Waals surface area contributed by atoms with E-state index in [-0.39, 0.29) is 5.60 Å². The van der Waals surface area contributed by atoms with E-state index in [0.717, 1.165) is 12.8 Å². The van der Waals surface area contributed by atoms with Crippen LogP contribution in [-0.2, 0) is 22.5 Å².